The number of imidazole rings is 1. The summed E-state index contributed by atoms with van der Waals surface area (Å²) in [5.74, 6) is 2.63. The fraction of sp³-hybridized carbons (Fsp3) is 0.286. The van der Waals surface area contributed by atoms with Crippen LogP contribution in [0.4, 0.5) is 5.82 Å². The van der Waals surface area contributed by atoms with Gasteiger partial charge in [-0.1, -0.05) is 30.3 Å². The molecule has 3 rings (SSSR count). The third-order valence-electron chi connectivity index (χ3n) is 4.39. The molecule has 2 heterocycles. The van der Waals surface area contributed by atoms with Crippen molar-refractivity contribution >= 4 is 11.8 Å². The van der Waals surface area contributed by atoms with E-state index >= 15 is 0 Å². The average molecular weight is 377 g/mol. The van der Waals surface area contributed by atoms with Crippen LogP contribution in [-0.4, -0.2) is 54.0 Å². The van der Waals surface area contributed by atoms with Gasteiger partial charge in [-0.05, 0) is 23.3 Å². The van der Waals surface area contributed by atoms with Crippen LogP contribution in [-0.2, 0) is 13.1 Å². The number of H-pyrrole nitrogens is 1. The predicted octanol–water partition coefficient (Wildman–Crippen LogP) is 2.75. The van der Waals surface area contributed by atoms with E-state index < -0.39 is 0 Å². The van der Waals surface area contributed by atoms with Crippen molar-refractivity contribution in [1.82, 2.24) is 25.2 Å². The highest BCUT2D eigenvalue weighted by atomic mass is 15.3. The summed E-state index contributed by atoms with van der Waals surface area (Å²) in [7, 11) is 7.75. The predicted molar refractivity (Wildman–Crippen MR) is 114 cm³/mol. The van der Waals surface area contributed by atoms with E-state index in [1.165, 1.54) is 0 Å². The molecule has 0 saturated carbocycles. The zero-order valence-electron chi connectivity index (χ0n) is 16.8. The monoisotopic (exact) mass is 377 g/mol. The van der Waals surface area contributed by atoms with Gasteiger partial charge in [0.05, 0.1) is 18.4 Å². The number of hydrogen-bond donors (Lipinski definition) is 2. The third-order valence-corrected chi connectivity index (χ3v) is 4.39. The van der Waals surface area contributed by atoms with E-state index in [0.717, 1.165) is 34.4 Å². The smallest absolute Gasteiger partial charge is 0.194 e. The van der Waals surface area contributed by atoms with Crippen LogP contribution in [0.3, 0.4) is 0 Å². The number of pyridine rings is 1. The number of aromatic amines is 1. The Morgan fingerprint density at radius 1 is 1.11 bits per heavy atom. The number of nitrogens with zero attached hydrogens (tertiary/aromatic N) is 5. The fourth-order valence-corrected chi connectivity index (χ4v) is 2.89. The van der Waals surface area contributed by atoms with Crippen molar-refractivity contribution in [1.29, 1.82) is 0 Å². The molecule has 28 heavy (non-hydrogen) atoms. The van der Waals surface area contributed by atoms with Crippen LogP contribution in [0.25, 0.3) is 11.3 Å². The molecular formula is C21H27N7. The van der Waals surface area contributed by atoms with Crippen molar-refractivity contribution in [2.75, 3.05) is 33.1 Å². The van der Waals surface area contributed by atoms with E-state index in [2.05, 4.69) is 43.5 Å². The van der Waals surface area contributed by atoms with Gasteiger partial charge in [0.2, 0.25) is 0 Å². The van der Waals surface area contributed by atoms with Gasteiger partial charge in [0.15, 0.2) is 5.96 Å². The van der Waals surface area contributed by atoms with Crippen LogP contribution >= 0.6 is 0 Å². The number of hydrogen-bond acceptors (Lipinski definition) is 4. The summed E-state index contributed by atoms with van der Waals surface area (Å²) in [6, 6.07) is 14.3. The van der Waals surface area contributed by atoms with Gasteiger partial charge in [0, 0.05) is 40.9 Å². The summed E-state index contributed by atoms with van der Waals surface area (Å²) in [6.07, 6.45) is 3.70. The number of anilines is 1. The summed E-state index contributed by atoms with van der Waals surface area (Å²) in [4.78, 5) is 20.7. The molecule has 0 radical (unpaired) electrons. The van der Waals surface area contributed by atoms with Crippen LogP contribution in [0, 0.1) is 0 Å². The van der Waals surface area contributed by atoms with Crippen LogP contribution < -0.4 is 10.2 Å². The minimum absolute atomic E-state index is 0.631. The van der Waals surface area contributed by atoms with Crippen LogP contribution in [0.15, 0.2) is 59.9 Å². The topological polar surface area (TPSA) is 72.4 Å². The Morgan fingerprint density at radius 2 is 1.89 bits per heavy atom. The lowest BCUT2D eigenvalue weighted by Crippen LogP contribution is -2.38. The number of nitrogens with one attached hydrogen (secondary N) is 2. The standard InChI is InChI=1S/C21H27N7/c1-22-21(25-13-16-10-11-23-20(12-16)27(2)3)28(4)15-19-24-14-18(26-19)17-8-6-5-7-9-17/h5-12,14H,13,15H2,1-4H3,(H,22,25)(H,24,26). The lowest BCUT2D eigenvalue weighted by molar-refractivity contribution is 0.464. The highest BCUT2D eigenvalue weighted by Gasteiger charge is 2.10. The molecule has 0 aliphatic carbocycles. The second-order valence-electron chi connectivity index (χ2n) is 6.78. The molecule has 0 atom stereocenters. The third kappa shape index (κ3) is 4.88. The molecule has 2 N–H and O–H groups in total. The van der Waals surface area contributed by atoms with Gasteiger partial charge < -0.3 is 20.1 Å². The molecule has 0 unspecified atom stereocenters. The van der Waals surface area contributed by atoms with Crippen LogP contribution in [0.2, 0.25) is 0 Å². The molecule has 0 amide bonds. The molecule has 7 heteroatoms. The first-order valence-corrected chi connectivity index (χ1v) is 9.20. The van der Waals surface area contributed by atoms with Crippen molar-refractivity contribution in [3.63, 3.8) is 0 Å². The Balaban J connectivity index is 1.60. The summed E-state index contributed by atoms with van der Waals surface area (Å²) < 4.78 is 0. The molecule has 0 aliphatic heterocycles. The molecular weight excluding hydrogens is 350 g/mol. The van der Waals surface area contributed by atoms with Gasteiger partial charge in [-0.2, -0.15) is 0 Å². The van der Waals surface area contributed by atoms with Gasteiger partial charge in [0.1, 0.15) is 11.6 Å². The Morgan fingerprint density at radius 3 is 2.61 bits per heavy atom. The number of rotatable bonds is 6. The first-order valence-electron chi connectivity index (χ1n) is 9.20. The summed E-state index contributed by atoms with van der Waals surface area (Å²) in [5, 5.41) is 3.40. The zero-order chi connectivity index (χ0) is 19.9. The number of aliphatic imine (C=N–C) groups is 1. The maximum Gasteiger partial charge on any atom is 0.194 e. The molecule has 0 aliphatic rings. The first kappa shape index (κ1) is 19.4. The molecule has 3 aromatic rings. The Kier molecular flexibility index (Phi) is 6.26. The summed E-state index contributed by atoms with van der Waals surface area (Å²) in [5.41, 5.74) is 3.29. The van der Waals surface area contributed by atoms with Crippen molar-refractivity contribution in [2.45, 2.75) is 13.1 Å². The van der Waals surface area contributed by atoms with E-state index in [-0.39, 0.29) is 0 Å². The second-order valence-corrected chi connectivity index (χ2v) is 6.78. The molecule has 2 aromatic heterocycles. The lowest BCUT2D eigenvalue weighted by atomic mass is 10.2. The van der Waals surface area contributed by atoms with Gasteiger partial charge in [-0.25, -0.2) is 9.97 Å². The molecule has 1 aromatic carbocycles. The zero-order valence-corrected chi connectivity index (χ0v) is 16.8. The summed E-state index contributed by atoms with van der Waals surface area (Å²) in [6.45, 7) is 1.31. The minimum atomic E-state index is 0.631. The maximum atomic E-state index is 4.50. The van der Waals surface area contributed by atoms with Gasteiger partial charge >= 0.3 is 0 Å². The van der Waals surface area contributed by atoms with Gasteiger partial charge in [-0.15, -0.1) is 0 Å². The molecule has 146 valence electrons. The second kappa shape index (κ2) is 9.03. The minimum Gasteiger partial charge on any atom is -0.363 e. The normalized spacial score (nSPS) is 11.4. The Bertz CT molecular complexity index is 915. The van der Waals surface area contributed by atoms with Crippen molar-refractivity contribution in [2.24, 2.45) is 4.99 Å². The van der Waals surface area contributed by atoms with E-state index in [4.69, 9.17) is 0 Å². The quantitative estimate of drug-likeness (QED) is 0.510. The van der Waals surface area contributed by atoms with Crippen molar-refractivity contribution in [3.05, 3.63) is 66.2 Å². The molecule has 0 spiro atoms. The average Bonchev–Trinajstić information content (AvgIpc) is 3.18. The number of guanidine groups is 1. The van der Waals surface area contributed by atoms with E-state index in [1.54, 1.807) is 7.05 Å². The van der Waals surface area contributed by atoms with Crippen molar-refractivity contribution < 1.29 is 0 Å². The van der Waals surface area contributed by atoms with Crippen LogP contribution in [0.1, 0.15) is 11.4 Å². The molecule has 0 bridgehead atoms. The van der Waals surface area contributed by atoms with Gasteiger partial charge in [0.25, 0.3) is 0 Å². The SMILES string of the molecule is CN=C(NCc1ccnc(N(C)C)c1)N(C)Cc1ncc(-c2ccccc2)[nH]1. The Labute approximate surface area is 166 Å². The Hall–Kier alpha value is -3.35. The lowest BCUT2D eigenvalue weighted by Gasteiger charge is -2.21. The largest absolute Gasteiger partial charge is 0.363 e. The van der Waals surface area contributed by atoms with Crippen LogP contribution in [0.5, 0.6) is 0 Å². The maximum absolute atomic E-state index is 4.50. The highest BCUT2D eigenvalue weighted by molar-refractivity contribution is 5.79. The van der Waals surface area contributed by atoms with E-state index in [0.29, 0.717) is 13.1 Å². The first-order chi connectivity index (χ1) is 13.6. The summed E-state index contributed by atoms with van der Waals surface area (Å²) >= 11 is 0. The van der Waals surface area contributed by atoms with E-state index in [9.17, 15) is 0 Å². The highest BCUT2D eigenvalue weighted by Crippen LogP contribution is 2.16. The van der Waals surface area contributed by atoms with E-state index in [1.807, 2.05) is 67.6 Å². The fourth-order valence-electron chi connectivity index (χ4n) is 2.89. The molecule has 0 saturated heterocycles. The molecule has 0 fully saturated rings. The number of aromatic nitrogens is 3. The van der Waals surface area contributed by atoms with Gasteiger partial charge in [-0.3, -0.25) is 4.99 Å². The molecule has 7 nitrogen and oxygen atoms in total. The van der Waals surface area contributed by atoms with Crippen molar-refractivity contribution in [3.8, 4) is 11.3 Å². The number of benzene rings is 1.